The van der Waals surface area contributed by atoms with Crippen molar-refractivity contribution in [1.29, 1.82) is 0 Å². The summed E-state index contributed by atoms with van der Waals surface area (Å²) < 4.78 is 0.505. The Morgan fingerprint density at radius 3 is 3.04 bits per heavy atom. The number of halogens is 1. The first kappa shape index (κ1) is 15.6. The van der Waals surface area contributed by atoms with Gasteiger partial charge in [-0.3, -0.25) is 4.79 Å². The van der Waals surface area contributed by atoms with Gasteiger partial charge in [0, 0.05) is 5.69 Å². The van der Waals surface area contributed by atoms with E-state index in [1.54, 1.807) is 12.1 Å². The maximum Gasteiger partial charge on any atom is 0.234 e. The van der Waals surface area contributed by atoms with Crippen molar-refractivity contribution in [3.8, 4) is 5.75 Å². The van der Waals surface area contributed by atoms with Crippen LogP contribution in [0.15, 0.2) is 34.0 Å². The molecule has 0 radical (unpaired) electrons. The summed E-state index contributed by atoms with van der Waals surface area (Å²) in [5.74, 6) is 0.145. The highest BCUT2D eigenvalue weighted by Gasteiger charge is 2.12. The van der Waals surface area contributed by atoms with E-state index in [2.05, 4.69) is 41.2 Å². The van der Waals surface area contributed by atoms with E-state index >= 15 is 0 Å². The highest BCUT2D eigenvalue weighted by molar-refractivity contribution is 9.10. The van der Waals surface area contributed by atoms with Crippen molar-refractivity contribution in [3.63, 3.8) is 0 Å². The molecule has 0 aliphatic rings. The number of H-pyrrole nitrogens is 1. The van der Waals surface area contributed by atoms with Crippen molar-refractivity contribution in [2.24, 2.45) is 0 Å². The summed E-state index contributed by atoms with van der Waals surface area (Å²) in [7, 11) is 0. The second-order valence-electron chi connectivity index (χ2n) is 4.49. The molecule has 0 saturated carbocycles. The quantitative estimate of drug-likeness (QED) is 0.303. The van der Waals surface area contributed by atoms with E-state index in [9.17, 15) is 9.90 Å². The van der Waals surface area contributed by atoms with E-state index in [-0.39, 0.29) is 23.4 Å². The Kier molecular flexibility index (Phi) is 4.35. The molecule has 3 aromatic rings. The van der Waals surface area contributed by atoms with E-state index in [1.165, 1.54) is 24.2 Å². The smallest absolute Gasteiger partial charge is 0.234 e. The lowest BCUT2D eigenvalue weighted by atomic mass is 10.3. The Morgan fingerprint density at radius 2 is 2.26 bits per heavy atom. The minimum absolute atomic E-state index is 0.106. The normalized spacial score (nSPS) is 10.8. The second kappa shape index (κ2) is 6.42. The number of fused-ring (bicyclic) bond motifs is 1. The molecule has 0 saturated heterocycles. The lowest BCUT2D eigenvalue weighted by molar-refractivity contribution is -0.113. The van der Waals surface area contributed by atoms with Crippen LogP contribution < -0.4 is 11.1 Å². The van der Waals surface area contributed by atoms with Gasteiger partial charge in [-0.2, -0.15) is 4.98 Å². The third-order valence-electron chi connectivity index (χ3n) is 2.84. The fourth-order valence-electron chi connectivity index (χ4n) is 1.84. The summed E-state index contributed by atoms with van der Waals surface area (Å²) in [5, 5.41) is 12.7. The standard InChI is InChI=1S/C13H11BrN6O2S/c14-7-3-6(1-2-8(7)21)18-9(22)4-23-12-10-11(17-5-16-10)19-13(15)20-12/h1-3,5,21H,4H2,(H,18,22)(H3,15,16,17,19,20). The first-order chi connectivity index (χ1) is 11.0. The average Bonchev–Trinajstić information content (AvgIpc) is 2.97. The fraction of sp³-hybridized carbons (Fsp3) is 0.0769. The molecule has 1 aromatic carbocycles. The van der Waals surface area contributed by atoms with Crippen LogP contribution in [0.2, 0.25) is 0 Å². The molecule has 23 heavy (non-hydrogen) atoms. The number of anilines is 2. The number of nitrogen functional groups attached to an aromatic ring is 1. The monoisotopic (exact) mass is 394 g/mol. The molecule has 3 rings (SSSR count). The predicted molar refractivity (Wildman–Crippen MR) is 91.3 cm³/mol. The summed E-state index contributed by atoms with van der Waals surface area (Å²) in [6.45, 7) is 0. The molecular formula is C13H11BrN6O2S. The van der Waals surface area contributed by atoms with E-state index in [1.807, 2.05) is 0 Å². The summed E-state index contributed by atoms with van der Waals surface area (Å²) in [6.07, 6.45) is 1.50. The van der Waals surface area contributed by atoms with Gasteiger partial charge in [0.25, 0.3) is 0 Å². The van der Waals surface area contributed by atoms with Crippen LogP contribution in [-0.4, -0.2) is 36.7 Å². The molecule has 0 atom stereocenters. The molecule has 1 amide bonds. The number of hydrogen-bond donors (Lipinski definition) is 4. The number of aromatic hydroxyl groups is 1. The van der Waals surface area contributed by atoms with Gasteiger partial charge in [-0.05, 0) is 34.1 Å². The molecule has 0 bridgehead atoms. The molecule has 8 nitrogen and oxygen atoms in total. The molecule has 5 N–H and O–H groups in total. The van der Waals surface area contributed by atoms with E-state index in [0.29, 0.717) is 26.3 Å². The lowest BCUT2D eigenvalue weighted by Gasteiger charge is -2.07. The van der Waals surface area contributed by atoms with Crippen molar-refractivity contribution >= 4 is 56.4 Å². The van der Waals surface area contributed by atoms with Crippen molar-refractivity contribution < 1.29 is 9.90 Å². The topological polar surface area (TPSA) is 130 Å². The van der Waals surface area contributed by atoms with Crippen molar-refractivity contribution in [2.75, 3.05) is 16.8 Å². The Hall–Kier alpha value is -2.33. The lowest BCUT2D eigenvalue weighted by Crippen LogP contribution is -2.14. The third kappa shape index (κ3) is 3.54. The number of amides is 1. The summed E-state index contributed by atoms with van der Waals surface area (Å²) in [6, 6.07) is 4.72. The fourth-order valence-corrected chi connectivity index (χ4v) is 3.01. The number of carbonyl (C=O) groups is 1. The van der Waals surface area contributed by atoms with Crippen LogP contribution >= 0.6 is 27.7 Å². The maximum atomic E-state index is 12.0. The number of phenolic OH excluding ortho intramolecular Hbond substituents is 1. The molecule has 2 aromatic heterocycles. The molecule has 0 aliphatic heterocycles. The highest BCUT2D eigenvalue weighted by atomic mass is 79.9. The Labute approximate surface area is 143 Å². The van der Waals surface area contributed by atoms with Gasteiger partial charge in [-0.15, -0.1) is 0 Å². The number of phenols is 1. The van der Waals surface area contributed by atoms with Crippen LogP contribution in [0.3, 0.4) is 0 Å². The summed E-state index contributed by atoms with van der Waals surface area (Å²) in [5.41, 5.74) is 7.31. The third-order valence-corrected chi connectivity index (χ3v) is 4.45. The number of nitrogens with zero attached hydrogens (tertiary/aromatic N) is 3. The van der Waals surface area contributed by atoms with Gasteiger partial charge in [-0.25, -0.2) is 9.97 Å². The number of rotatable bonds is 4. The molecule has 10 heteroatoms. The van der Waals surface area contributed by atoms with E-state index < -0.39 is 0 Å². The van der Waals surface area contributed by atoms with Crippen LogP contribution in [0.5, 0.6) is 5.75 Å². The largest absolute Gasteiger partial charge is 0.507 e. The Bertz CT molecular complexity index is 884. The maximum absolute atomic E-state index is 12.0. The van der Waals surface area contributed by atoms with Crippen molar-refractivity contribution in [1.82, 2.24) is 19.9 Å². The van der Waals surface area contributed by atoms with Gasteiger partial charge >= 0.3 is 0 Å². The number of nitrogens with two attached hydrogens (primary N) is 1. The van der Waals surface area contributed by atoms with Crippen molar-refractivity contribution in [2.45, 2.75) is 5.03 Å². The zero-order valence-electron chi connectivity index (χ0n) is 11.6. The number of hydrogen-bond acceptors (Lipinski definition) is 7. The zero-order chi connectivity index (χ0) is 16.4. The van der Waals surface area contributed by atoms with Gasteiger partial charge in [0.1, 0.15) is 16.3 Å². The molecule has 0 spiro atoms. The summed E-state index contributed by atoms with van der Waals surface area (Å²) in [4.78, 5) is 27.1. The molecule has 0 unspecified atom stereocenters. The van der Waals surface area contributed by atoms with Gasteiger partial charge in [0.2, 0.25) is 11.9 Å². The molecular weight excluding hydrogens is 384 g/mol. The van der Waals surface area contributed by atoms with Crippen molar-refractivity contribution in [3.05, 3.63) is 29.0 Å². The van der Waals surface area contributed by atoms with Crippen LogP contribution in [0, 0.1) is 0 Å². The van der Waals surface area contributed by atoms with Gasteiger partial charge in [0.05, 0.1) is 16.6 Å². The second-order valence-corrected chi connectivity index (χ2v) is 6.31. The minimum atomic E-state index is -0.211. The number of imidazole rings is 1. The van der Waals surface area contributed by atoms with Crippen LogP contribution in [0.4, 0.5) is 11.6 Å². The number of thioether (sulfide) groups is 1. The first-order valence-electron chi connectivity index (χ1n) is 6.40. The van der Waals surface area contributed by atoms with E-state index in [4.69, 9.17) is 5.73 Å². The number of carbonyl (C=O) groups excluding carboxylic acids is 1. The predicted octanol–water partition coefficient (Wildman–Crippen LogP) is 2.13. The zero-order valence-corrected chi connectivity index (χ0v) is 14.0. The van der Waals surface area contributed by atoms with Crippen LogP contribution in [0.1, 0.15) is 0 Å². The van der Waals surface area contributed by atoms with E-state index in [0.717, 1.165) is 0 Å². The number of benzene rings is 1. The Balaban J connectivity index is 1.68. The number of aromatic nitrogens is 4. The average molecular weight is 395 g/mol. The van der Waals surface area contributed by atoms with Crippen LogP contribution in [0.25, 0.3) is 11.2 Å². The molecule has 0 aliphatic carbocycles. The molecule has 118 valence electrons. The van der Waals surface area contributed by atoms with Crippen LogP contribution in [-0.2, 0) is 4.79 Å². The minimum Gasteiger partial charge on any atom is -0.507 e. The van der Waals surface area contributed by atoms with Gasteiger partial charge in [0.15, 0.2) is 5.65 Å². The van der Waals surface area contributed by atoms with Gasteiger partial charge < -0.3 is 21.1 Å². The van der Waals surface area contributed by atoms with Gasteiger partial charge in [-0.1, -0.05) is 11.8 Å². The number of aromatic amines is 1. The molecule has 2 heterocycles. The Morgan fingerprint density at radius 1 is 1.43 bits per heavy atom. The number of nitrogens with one attached hydrogen (secondary N) is 2. The highest BCUT2D eigenvalue weighted by Crippen LogP contribution is 2.27. The SMILES string of the molecule is Nc1nc(SCC(=O)Nc2ccc(O)c(Br)c2)c2[nH]cnc2n1. The molecule has 0 fully saturated rings. The first-order valence-corrected chi connectivity index (χ1v) is 8.18. The summed E-state index contributed by atoms with van der Waals surface area (Å²) >= 11 is 4.42.